The van der Waals surface area contributed by atoms with Gasteiger partial charge in [0.15, 0.2) is 0 Å². The molecule has 2 heterocycles. The minimum absolute atomic E-state index is 0.723. The number of methoxy groups -OCH3 is 1. The molecule has 4 heteroatoms. The second-order valence-corrected chi connectivity index (χ2v) is 6.21. The van der Waals surface area contributed by atoms with E-state index in [0.29, 0.717) is 0 Å². The number of anilines is 2. The first kappa shape index (κ1) is 14.5. The van der Waals surface area contributed by atoms with Gasteiger partial charge in [-0.25, -0.2) is 0 Å². The Kier molecular flexibility index (Phi) is 4.24. The number of aryl methyl sites for hydroxylation is 1. The number of ether oxygens (including phenoxy) is 1. The zero-order valence-corrected chi connectivity index (χ0v) is 13.3. The molecule has 0 bridgehead atoms. The van der Waals surface area contributed by atoms with Crippen LogP contribution < -0.4 is 15.4 Å². The summed E-state index contributed by atoms with van der Waals surface area (Å²) in [6.45, 7) is 6.91. The van der Waals surface area contributed by atoms with E-state index in [1.54, 1.807) is 7.11 Å². The van der Waals surface area contributed by atoms with Gasteiger partial charge in [-0.2, -0.15) is 0 Å². The minimum Gasteiger partial charge on any atom is -0.495 e. The van der Waals surface area contributed by atoms with Crippen LogP contribution in [0.2, 0.25) is 0 Å². The molecule has 0 spiro atoms. The van der Waals surface area contributed by atoms with E-state index in [2.05, 4.69) is 28.9 Å². The number of hydrogen-bond donors (Lipinski definition) is 1. The Balaban J connectivity index is 1.85. The van der Waals surface area contributed by atoms with Crippen LogP contribution in [0, 0.1) is 0 Å². The molecule has 116 valence electrons. The third-order valence-electron chi connectivity index (χ3n) is 4.99. The lowest BCUT2D eigenvalue weighted by Crippen LogP contribution is -2.55. The lowest BCUT2D eigenvalue weighted by atomic mass is 9.98. The van der Waals surface area contributed by atoms with Gasteiger partial charge in [0.25, 0.3) is 0 Å². The molecule has 2 N–H and O–H groups in total. The van der Waals surface area contributed by atoms with E-state index in [4.69, 9.17) is 10.5 Å². The Labute approximate surface area is 127 Å². The van der Waals surface area contributed by atoms with Crippen molar-refractivity contribution in [1.29, 1.82) is 0 Å². The van der Waals surface area contributed by atoms with Crippen LogP contribution in [-0.2, 0) is 6.42 Å². The Morgan fingerprint density at radius 2 is 2.10 bits per heavy atom. The maximum absolute atomic E-state index is 6.06. The highest BCUT2D eigenvalue weighted by Gasteiger charge is 2.29. The first-order chi connectivity index (χ1) is 10.2. The quantitative estimate of drug-likeness (QED) is 0.868. The van der Waals surface area contributed by atoms with Crippen LogP contribution in [0.5, 0.6) is 5.75 Å². The molecule has 0 unspecified atom stereocenters. The average Bonchev–Trinajstić information content (AvgIpc) is 2.54. The van der Waals surface area contributed by atoms with Crippen LogP contribution >= 0.6 is 0 Å². The largest absolute Gasteiger partial charge is 0.495 e. The maximum Gasteiger partial charge on any atom is 0.143 e. The summed E-state index contributed by atoms with van der Waals surface area (Å²) >= 11 is 0. The highest BCUT2D eigenvalue weighted by Crippen LogP contribution is 2.34. The normalized spacial score (nSPS) is 23.0. The number of rotatable bonds is 3. The van der Waals surface area contributed by atoms with Crippen LogP contribution in [-0.4, -0.2) is 44.2 Å². The highest BCUT2D eigenvalue weighted by atomic mass is 16.5. The molecule has 0 aromatic heterocycles. The summed E-state index contributed by atoms with van der Waals surface area (Å²) in [5.74, 6) is 0.799. The van der Waals surface area contributed by atoms with Crippen molar-refractivity contribution in [2.75, 3.05) is 43.9 Å². The predicted molar refractivity (Wildman–Crippen MR) is 88.2 cm³/mol. The van der Waals surface area contributed by atoms with E-state index >= 15 is 0 Å². The standard InChI is InChI=1S/C17H27N3O/c1-3-13-10-15(18)17(21-2)11-16(13)20-9-8-19-7-5-4-6-14(19)12-20/h10-11,14H,3-9,12,18H2,1-2H3/t14-/m1/s1. The molecule has 0 saturated carbocycles. The Bertz CT molecular complexity index is 503. The fraction of sp³-hybridized carbons (Fsp3) is 0.647. The van der Waals surface area contributed by atoms with Crippen molar-refractivity contribution in [3.63, 3.8) is 0 Å². The van der Waals surface area contributed by atoms with E-state index in [1.165, 1.54) is 43.6 Å². The van der Waals surface area contributed by atoms with Gasteiger partial charge in [-0.15, -0.1) is 0 Å². The molecule has 3 rings (SSSR count). The van der Waals surface area contributed by atoms with Crippen LogP contribution in [0.4, 0.5) is 11.4 Å². The van der Waals surface area contributed by atoms with Gasteiger partial charge in [0, 0.05) is 37.4 Å². The van der Waals surface area contributed by atoms with Gasteiger partial charge in [0.05, 0.1) is 12.8 Å². The first-order valence-corrected chi connectivity index (χ1v) is 8.18. The number of fused-ring (bicyclic) bond motifs is 1. The van der Waals surface area contributed by atoms with Crippen LogP contribution in [0.15, 0.2) is 12.1 Å². The molecule has 2 aliphatic rings. The number of piperazine rings is 1. The summed E-state index contributed by atoms with van der Waals surface area (Å²) in [5, 5.41) is 0. The SMILES string of the molecule is CCc1cc(N)c(OC)cc1N1CCN2CCCC[C@@H]2C1. The molecule has 0 radical (unpaired) electrons. The Morgan fingerprint density at radius 1 is 1.24 bits per heavy atom. The number of nitrogen functional groups attached to an aromatic ring is 1. The molecule has 1 atom stereocenters. The molecule has 4 nitrogen and oxygen atoms in total. The monoisotopic (exact) mass is 289 g/mol. The number of nitrogens with two attached hydrogens (primary N) is 1. The molecule has 2 fully saturated rings. The van der Waals surface area contributed by atoms with Crippen molar-refractivity contribution in [2.24, 2.45) is 0 Å². The molecular weight excluding hydrogens is 262 g/mol. The summed E-state index contributed by atoms with van der Waals surface area (Å²) in [4.78, 5) is 5.20. The minimum atomic E-state index is 0.723. The van der Waals surface area contributed by atoms with Gasteiger partial charge < -0.3 is 15.4 Å². The summed E-state index contributed by atoms with van der Waals surface area (Å²) in [7, 11) is 1.69. The first-order valence-electron chi connectivity index (χ1n) is 8.18. The number of piperidine rings is 1. The molecule has 1 aromatic rings. The van der Waals surface area contributed by atoms with Gasteiger partial charge in [-0.05, 0) is 37.4 Å². The molecular formula is C17H27N3O. The average molecular weight is 289 g/mol. The lowest BCUT2D eigenvalue weighted by Gasteiger charge is -2.45. The van der Waals surface area contributed by atoms with Crippen LogP contribution in [0.1, 0.15) is 31.7 Å². The highest BCUT2D eigenvalue weighted by molar-refractivity contribution is 5.67. The molecule has 0 amide bonds. The van der Waals surface area contributed by atoms with Crippen LogP contribution in [0.25, 0.3) is 0 Å². The molecule has 0 aliphatic carbocycles. The summed E-state index contributed by atoms with van der Waals surface area (Å²) in [5.41, 5.74) is 9.45. The van der Waals surface area contributed by atoms with Crippen molar-refractivity contribution in [2.45, 2.75) is 38.6 Å². The summed E-state index contributed by atoms with van der Waals surface area (Å²) in [6, 6.07) is 4.94. The van der Waals surface area contributed by atoms with E-state index in [1.807, 2.05) is 0 Å². The van der Waals surface area contributed by atoms with Crippen molar-refractivity contribution < 1.29 is 4.74 Å². The lowest BCUT2D eigenvalue weighted by molar-refractivity contribution is 0.133. The predicted octanol–water partition coefficient (Wildman–Crippen LogP) is 2.51. The molecule has 1 aromatic carbocycles. The number of hydrogen-bond acceptors (Lipinski definition) is 4. The zero-order valence-electron chi connectivity index (χ0n) is 13.3. The molecule has 21 heavy (non-hydrogen) atoms. The van der Waals surface area contributed by atoms with E-state index in [-0.39, 0.29) is 0 Å². The van der Waals surface area contributed by atoms with E-state index in [0.717, 1.165) is 37.0 Å². The summed E-state index contributed by atoms with van der Waals surface area (Å²) in [6.07, 6.45) is 5.09. The van der Waals surface area contributed by atoms with Gasteiger partial charge >= 0.3 is 0 Å². The topological polar surface area (TPSA) is 41.7 Å². The number of nitrogens with zero attached hydrogens (tertiary/aromatic N) is 2. The summed E-state index contributed by atoms with van der Waals surface area (Å²) < 4.78 is 5.42. The van der Waals surface area contributed by atoms with E-state index < -0.39 is 0 Å². The van der Waals surface area contributed by atoms with Crippen molar-refractivity contribution in [3.05, 3.63) is 17.7 Å². The zero-order chi connectivity index (χ0) is 14.8. The van der Waals surface area contributed by atoms with Gasteiger partial charge in [-0.3, -0.25) is 4.90 Å². The third kappa shape index (κ3) is 2.82. The van der Waals surface area contributed by atoms with Gasteiger partial charge in [-0.1, -0.05) is 13.3 Å². The Morgan fingerprint density at radius 3 is 2.86 bits per heavy atom. The van der Waals surface area contributed by atoms with Gasteiger partial charge in [0.1, 0.15) is 5.75 Å². The fourth-order valence-electron chi connectivity index (χ4n) is 3.76. The van der Waals surface area contributed by atoms with Crippen molar-refractivity contribution >= 4 is 11.4 Å². The van der Waals surface area contributed by atoms with Crippen LogP contribution in [0.3, 0.4) is 0 Å². The second kappa shape index (κ2) is 6.14. The molecule has 2 saturated heterocycles. The fourth-order valence-corrected chi connectivity index (χ4v) is 3.76. The van der Waals surface area contributed by atoms with Crippen molar-refractivity contribution in [1.82, 2.24) is 4.90 Å². The molecule has 2 aliphatic heterocycles. The maximum atomic E-state index is 6.06. The van der Waals surface area contributed by atoms with Gasteiger partial charge in [0.2, 0.25) is 0 Å². The smallest absolute Gasteiger partial charge is 0.143 e. The van der Waals surface area contributed by atoms with Crippen molar-refractivity contribution in [3.8, 4) is 5.75 Å². The number of benzene rings is 1. The third-order valence-corrected chi connectivity index (χ3v) is 4.99. The second-order valence-electron chi connectivity index (χ2n) is 6.21. The van der Waals surface area contributed by atoms with E-state index in [9.17, 15) is 0 Å². The Hall–Kier alpha value is -1.42.